The van der Waals surface area contributed by atoms with Crippen LogP contribution < -0.4 is 5.32 Å². The van der Waals surface area contributed by atoms with Gasteiger partial charge in [0.05, 0.1) is 5.56 Å². The van der Waals surface area contributed by atoms with Gasteiger partial charge in [-0.2, -0.15) is 5.26 Å². The van der Waals surface area contributed by atoms with E-state index in [9.17, 15) is 4.79 Å². The van der Waals surface area contributed by atoms with Crippen molar-refractivity contribution in [1.82, 2.24) is 10.3 Å². The minimum Gasteiger partial charge on any atom is -0.447 e. The second-order valence-electron chi connectivity index (χ2n) is 3.61. The van der Waals surface area contributed by atoms with Gasteiger partial charge in [0.15, 0.2) is 6.23 Å². The van der Waals surface area contributed by atoms with Crippen molar-refractivity contribution in [2.75, 3.05) is 6.54 Å². The minimum atomic E-state index is -0.304. The molecule has 1 aromatic heterocycles. The first-order chi connectivity index (χ1) is 8.11. The zero-order valence-electron chi connectivity index (χ0n) is 9.93. The van der Waals surface area contributed by atoms with Crippen LogP contribution in [0.15, 0.2) is 18.3 Å². The first-order valence-electron chi connectivity index (χ1n) is 5.37. The Morgan fingerprint density at radius 1 is 1.65 bits per heavy atom. The Morgan fingerprint density at radius 3 is 2.94 bits per heavy atom. The van der Waals surface area contributed by atoms with Crippen LogP contribution in [0.2, 0.25) is 0 Å². The fourth-order valence-corrected chi connectivity index (χ4v) is 1.33. The van der Waals surface area contributed by atoms with Gasteiger partial charge in [-0.25, -0.2) is 0 Å². The molecule has 1 heterocycles. The maximum absolute atomic E-state index is 10.7. The zero-order valence-corrected chi connectivity index (χ0v) is 9.93. The normalized spacial score (nSPS) is 11.6. The first kappa shape index (κ1) is 13.1. The van der Waals surface area contributed by atoms with Gasteiger partial charge in [-0.3, -0.25) is 15.1 Å². The number of esters is 1. The van der Waals surface area contributed by atoms with E-state index >= 15 is 0 Å². The van der Waals surface area contributed by atoms with Crippen LogP contribution in [0.5, 0.6) is 0 Å². The number of hydrogen-bond acceptors (Lipinski definition) is 5. The number of pyridine rings is 1. The van der Waals surface area contributed by atoms with E-state index in [0.717, 1.165) is 12.1 Å². The average Bonchev–Trinajstić information content (AvgIpc) is 2.29. The molecule has 1 atom stereocenters. The molecule has 1 N–H and O–H groups in total. The zero-order chi connectivity index (χ0) is 12.7. The maximum atomic E-state index is 10.7. The summed E-state index contributed by atoms with van der Waals surface area (Å²) in [6, 6.07) is 5.56. The lowest BCUT2D eigenvalue weighted by atomic mass is 10.2. The summed E-state index contributed by atoms with van der Waals surface area (Å²) in [5.74, 6) is -0.304. The van der Waals surface area contributed by atoms with Crippen LogP contribution in [-0.2, 0) is 16.0 Å². The van der Waals surface area contributed by atoms with Crippen molar-refractivity contribution in [2.24, 2.45) is 0 Å². The van der Waals surface area contributed by atoms with Crippen molar-refractivity contribution in [3.8, 4) is 6.07 Å². The van der Waals surface area contributed by atoms with E-state index in [1.54, 1.807) is 19.2 Å². The van der Waals surface area contributed by atoms with E-state index in [1.807, 2.05) is 12.1 Å². The third kappa shape index (κ3) is 5.09. The van der Waals surface area contributed by atoms with Gasteiger partial charge in [0, 0.05) is 31.8 Å². The number of ether oxygens (including phenoxy) is 1. The molecule has 0 aromatic carbocycles. The van der Waals surface area contributed by atoms with Gasteiger partial charge < -0.3 is 4.74 Å². The number of aromatic nitrogens is 1. The van der Waals surface area contributed by atoms with Gasteiger partial charge in [-0.05, 0) is 19.1 Å². The second kappa shape index (κ2) is 6.61. The van der Waals surface area contributed by atoms with E-state index in [0.29, 0.717) is 12.1 Å². The number of nitrogens with zero attached hydrogens (tertiary/aromatic N) is 2. The summed E-state index contributed by atoms with van der Waals surface area (Å²) in [4.78, 5) is 14.8. The summed E-state index contributed by atoms with van der Waals surface area (Å²) in [6.45, 7) is 3.81. The van der Waals surface area contributed by atoms with Crippen LogP contribution in [0.3, 0.4) is 0 Å². The van der Waals surface area contributed by atoms with Crippen LogP contribution in [0.4, 0.5) is 0 Å². The molecule has 1 rings (SSSR count). The van der Waals surface area contributed by atoms with Crippen molar-refractivity contribution in [1.29, 1.82) is 5.26 Å². The van der Waals surface area contributed by atoms with Crippen molar-refractivity contribution < 1.29 is 9.53 Å². The Bertz CT molecular complexity index is 409. The summed E-state index contributed by atoms with van der Waals surface area (Å²) in [5, 5.41) is 11.7. The predicted octanol–water partition coefficient (Wildman–Crippen LogP) is 0.994. The largest absolute Gasteiger partial charge is 0.447 e. The molecule has 0 spiro atoms. The molecule has 0 aliphatic carbocycles. The van der Waals surface area contributed by atoms with Crippen LogP contribution in [0.25, 0.3) is 0 Å². The highest BCUT2D eigenvalue weighted by Crippen LogP contribution is 1.99. The van der Waals surface area contributed by atoms with Gasteiger partial charge >= 0.3 is 5.97 Å². The molecule has 0 aliphatic heterocycles. The van der Waals surface area contributed by atoms with E-state index < -0.39 is 0 Å². The topological polar surface area (TPSA) is 75.0 Å². The van der Waals surface area contributed by atoms with Crippen molar-refractivity contribution in [2.45, 2.75) is 26.5 Å². The Balaban J connectivity index is 2.31. The highest BCUT2D eigenvalue weighted by atomic mass is 16.6. The van der Waals surface area contributed by atoms with Gasteiger partial charge in [-0.15, -0.1) is 0 Å². The number of hydrogen-bond donors (Lipinski definition) is 1. The fourth-order valence-electron chi connectivity index (χ4n) is 1.33. The Hall–Kier alpha value is -1.93. The molecular formula is C12H15N3O2. The number of nitrogens with one attached hydrogen (secondary N) is 1. The van der Waals surface area contributed by atoms with Crippen LogP contribution in [0.1, 0.15) is 25.1 Å². The van der Waals surface area contributed by atoms with Crippen molar-refractivity contribution in [3.63, 3.8) is 0 Å². The SMILES string of the molecule is CC(=O)OC(C)NCCc1ccc(C#N)cn1. The quantitative estimate of drug-likeness (QED) is 0.606. The summed E-state index contributed by atoms with van der Waals surface area (Å²) < 4.78 is 4.91. The molecule has 0 aliphatic rings. The standard InChI is InChI=1S/C12H15N3O2/c1-9(17-10(2)16)14-6-5-12-4-3-11(7-13)8-15-12/h3-4,8-9,14H,5-6H2,1-2H3. The van der Waals surface area contributed by atoms with Crippen LogP contribution >= 0.6 is 0 Å². The average molecular weight is 233 g/mol. The molecule has 0 saturated carbocycles. The molecule has 1 unspecified atom stereocenters. The first-order valence-corrected chi connectivity index (χ1v) is 5.37. The molecule has 90 valence electrons. The van der Waals surface area contributed by atoms with Crippen molar-refractivity contribution in [3.05, 3.63) is 29.6 Å². The van der Waals surface area contributed by atoms with E-state index in [-0.39, 0.29) is 12.2 Å². The van der Waals surface area contributed by atoms with Crippen LogP contribution in [-0.4, -0.2) is 23.7 Å². The molecule has 5 nitrogen and oxygen atoms in total. The molecule has 1 aromatic rings. The number of carbonyl (C=O) groups is 1. The second-order valence-corrected chi connectivity index (χ2v) is 3.61. The third-order valence-electron chi connectivity index (χ3n) is 2.11. The molecule has 5 heteroatoms. The molecule has 0 fully saturated rings. The van der Waals surface area contributed by atoms with Gasteiger partial charge in [0.2, 0.25) is 0 Å². The number of rotatable bonds is 5. The summed E-state index contributed by atoms with van der Waals surface area (Å²) in [7, 11) is 0. The molecule has 0 bridgehead atoms. The smallest absolute Gasteiger partial charge is 0.304 e. The summed E-state index contributed by atoms with van der Waals surface area (Å²) >= 11 is 0. The Labute approximate surface area is 100 Å². The lowest BCUT2D eigenvalue weighted by Crippen LogP contribution is -2.32. The fraction of sp³-hybridized carbons (Fsp3) is 0.417. The molecular weight excluding hydrogens is 218 g/mol. The highest BCUT2D eigenvalue weighted by molar-refractivity contribution is 5.66. The predicted molar refractivity (Wildman–Crippen MR) is 61.9 cm³/mol. The lowest BCUT2D eigenvalue weighted by molar-refractivity contribution is -0.146. The highest BCUT2D eigenvalue weighted by Gasteiger charge is 2.03. The van der Waals surface area contributed by atoms with Crippen molar-refractivity contribution >= 4 is 5.97 Å². The Kier molecular flexibility index (Phi) is 5.11. The van der Waals surface area contributed by atoms with Gasteiger partial charge in [0.25, 0.3) is 0 Å². The maximum Gasteiger partial charge on any atom is 0.304 e. The molecule has 17 heavy (non-hydrogen) atoms. The third-order valence-corrected chi connectivity index (χ3v) is 2.11. The molecule has 0 amide bonds. The number of nitriles is 1. The summed E-state index contributed by atoms with van der Waals surface area (Å²) in [5.41, 5.74) is 1.45. The minimum absolute atomic E-state index is 0.300. The molecule has 0 radical (unpaired) electrons. The van der Waals surface area contributed by atoms with E-state index in [2.05, 4.69) is 10.3 Å². The van der Waals surface area contributed by atoms with Gasteiger partial charge in [0.1, 0.15) is 6.07 Å². The monoisotopic (exact) mass is 233 g/mol. The number of carbonyl (C=O) groups excluding carboxylic acids is 1. The van der Waals surface area contributed by atoms with E-state index in [4.69, 9.17) is 10.00 Å². The van der Waals surface area contributed by atoms with Gasteiger partial charge in [-0.1, -0.05) is 0 Å². The summed E-state index contributed by atoms with van der Waals surface area (Å²) in [6.07, 6.45) is 1.97. The van der Waals surface area contributed by atoms with E-state index in [1.165, 1.54) is 6.92 Å². The Morgan fingerprint density at radius 2 is 2.41 bits per heavy atom. The lowest BCUT2D eigenvalue weighted by Gasteiger charge is -2.13. The molecule has 0 saturated heterocycles. The van der Waals surface area contributed by atoms with Crippen LogP contribution in [0, 0.1) is 11.3 Å².